The second-order valence-corrected chi connectivity index (χ2v) is 5.24. The maximum absolute atomic E-state index is 10.9. The summed E-state index contributed by atoms with van der Waals surface area (Å²) in [6.07, 6.45) is 0.814. The molecule has 0 aliphatic heterocycles. The van der Waals surface area contributed by atoms with E-state index in [1.165, 1.54) is 6.07 Å². The second-order valence-electron chi connectivity index (χ2n) is 5.24. The van der Waals surface area contributed by atoms with Gasteiger partial charge in [0.15, 0.2) is 0 Å². The minimum absolute atomic E-state index is 0.0411. The summed E-state index contributed by atoms with van der Waals surface area (Å²) in [7, 11) is 0. The number of nitro groups is 1. The molecule has 0 amide bonds. The van der Waals surface area contributed by atoms with Gasteiger partial charge >= 0.3 is 0 Å². The molecule has 0 atom stereocenters. The van der Waals surface area contributed by atoms with E-state index in [0.29, 0.717) is 5.56 Å². The maximum atomic E-state index is 10.9. The molecule has 0 aliphatic rings. The summed E-state index contributed by atoms with van der Waals surface area (Å²) in [5.41, 5.74) is 1.54. The fourth-order valence-electron chi connectivity index (χ4n) is 1.81. The van der Waals surface area contributed by atoms with Crippen LogP contribution < -0.4 is 0 Å². The molecule has 0 bridgehead atoms. The quantitative estimate of drug-likeness (QED) is 0.593. The normalized spacial score (nSPS) is 10.9. The van der Waals surface area contributed by atoms with Gasteiger partial charge in [0.1, 0.15) is 0 Å². The molecule has 4 nitrogen and oxygen atoms in total. The molecule has 0 unspecified atom stereocenters. The van der Waals surface area contributed by atoms with Gasteiger partial charge in [0.05, 0.1) is 17.4 Å². The van der Waals surface area contributed by atoms with Crippen LogP contribution >= 0.6 is 0 Å². The second kappa shape index (κ2) is 4.96. The first kappa shape index (κ1) is 13.2. The number of rotatable bonds is 3. The van der Waals surface area contributed by atoms with Gasteiger partial charge in [-0.1, -0.05) is 32.9 Å². The Bertz CT molecular complexity index is 467. The maximum Gasteiger partial charge on any atom is 0.273 e. The lowest BCUT2D eigenvalue weighted by Gasteiger charge is -2.19. The van der Waals surface area contributed by atoms with Crippen molar-refractivity contribution in [3.63, 3.8) is 0 Å². The molecule has 0 aromatic heterocycles. The molecule has 1 aromatic rings. The van der Waals surface area contributed by atoms with Gasteiger partial charge < -0.3 is 0 Å². The number of hydrogen-bond donors (Lipinski definition) is 0. The Hall–Kier alpha value is -1.89. The van der Waals surface area contributed by atoms with E-state index in [9.17, 15) is 10.1 Å². The van der Waals surface area contributed by atoms with Crippen molar-refractivity contribution in [2.45, 2.75) is 33.6 Å². The Kier molecular flexibility index (Phi) is 3.84. The fourth-order valence-corrected chi connectivity index (χ4v) is 1.81. The van der Waals surface area contributed by atoms with E-state index >= 15 is 0 Å². The summed E-state index contributed by atoms with van der Waals surface area (Å²) in [5.74, 6) is 0. The van der Waals surface area contributed by atoms with E-state index in [1.807, 2.05) is 12.1 Å². The third-order valence-electron chi connectivity index (χ3n) is 2.42. The van der Waals surface area contributed by atoms with E-state index in [0.717, 1.165) is 12.0 Å². The molecule has 0 N–H and O–H groups in total. The van der Waals surface area contributed by atoms with Crippen molar-refractivity contribution >= 4 is 5.69 Å². The molecule has 1 rings (SSSR count). The van der Waals surface area contributed by atoms with Crippen molar-refractivity contribution in [2.75, 3.05) is 0 Å². The van der Waals surface area contributed by atoms with Crippen LogP contribution in [0, 0.1) is 26.9 Å². The summed E-state index contributed by atoms with van der Waals surface area (Å²) < 4.78 is 0. The third kappa shape index (κ3) is 3.56. The topological polar surface area (TPSA) is 66.9 Å². The molecule has 4 heteroatoms. The minimum atomic E-state index is -0.418. The molecule has 0 heterocycles. The number of nitrogens with zero attached hydrogens (tertiary/aromatic N) is 2. The van der Waals surface area contributed by atoms with Crippen molar-refractivity contribution in [1.82, 2.24) is 0 Å². The van der Waals surface area contributed by atoms with E-state index in [1.54, 1.807) is 6.07 Å². The highest BCUT2D eigenvalue weighted by Gasteiger charge is 2.20. The van der Waals surface area contributed by atoms with Gasteiger partial charge in [-0.25, -0.2) is 0 Å². The van der Waals surface area contributed by atoms with E-state index in [2.05, 4.69) is 20.8 Å². The number of nitro benzene ring substituents is 1. The lowest BCUT2D eigenvalue weighted by Crippen LogP contribution is -2.12. The van der Waals surface area contributed by atoms with Crippen LogP contribution in [0.3, 0.4) is 0 Å². The Morgan fingerprint density at radius 3 is 2.53 bits per heavy atom. The Morgan fingerprint density at radius 2 is 2.06 bits per heavy atom. The Labute approximate surface area is 101 Å². The lowest BCUT2D eigenvalue weighted by atomic mass is 9.85. The predicted octanol–water partition coefficient (Wildman–Crippen LogP) is 3.25. The smallest absolute Gasteiger partial charge is 0.258 e. The predicted molar refractivity (Wildman–Crippen MR) is 65.6 cm³/mol. The van der Waals surface area contributed by atoms with Gasteiger partial charge in [-0.2, -0.15) is 5.26 Å². The largest absolute Gasteiger partial charge is 0.273 e. The monoisotopic (exact) mass is 232 g/mol. The molecule has 0 saturated carbocycles. The van der Waals surface area contributed by atoms with Crippen LogP contribution in [-0.4, -0.2) is 4.92 Å². The summed E-state index contributed by atoms with van der Waals surface area (Å²) in [6, 6.07) is 7.00. The molecule has 17 heavy (non-hydrogen) atoms. The van der Waals surface area contributed by atoms with Crippen molar-refractivity contribution in [1.29, 1.82) is 5.26 Å². The minimum Gasteiger partial charge on any atom is -0.258 e. The highest BCUT2D eigenvalue weighted by atomic mass is 16.6. The van der Waals surface area contributed by atoms with Crippen LogP contribution in [-0.2, 0) is 12.8 Å². The highest BCUT2D eigenvalue weighted by molar-refractivity contribution is 5.47. The summed E-state index contributed by atoms with van der Waals surface area (Å²) in [6.45, 7) is 6.21. The van der Waals surface area contributed by atoms with Crippen molar-refractivity contribution < 1.29 is 4.92 Å². The van der Waals surface area contributed by atoms with Crippen LogP contribution in [0.25, 0.3) is 0 Å². The first-order valence-corrected chi connectivity index (χ1v) is 5.47. The van der Waals surface area contributed by atoms with Crippen LogP contribution in [0.1, 0.15) is 31.9 Å². The number of benzene rings is 1. The van der Waals surface area contributed by atoms with Crippen LogP contribution in [0.5, 0.6) is 0 Å². The molecule has 0 fully saturated rings. The number of nitriles is 1. The van der Waals surface area contributed by atoms with Crippen LogP contribution in [0.4, 0.5) is 5.69 Å². The zero-order chi connectivity index (χ0) is 13.1. The Balaban J connectivity index is 3.26. The summed E-state index contributed by atoms with van der Waals surface area (Å²) in [4.78, 5) is 10.5. The molecule has 90 valence electrons. The highest BCUT2D eigenvalue weighted by Crippen LogP contribution is 2.28. The average molecular weight is 232 g/mol. The standard InChI is InChI=1S/C13H16N2O2/c1-13(2,3)9-10-5-4-6-12(15(16)17)11(10)7-8-14/h4-6H,7,9H2,1-3H3. The first-order chi connectivity index (χ1) is 7.85. The zero-order valence-corrected chi connectivity index (χ0v) is 10.4. The van der Waals surface area contributed by atoms with E-state index in [4.69, 9.17) is 5.26 Å². The average Bonchev–Trinajstić information content (AvgIpc) is 2.18. The molecule has 0 radical (unpaired) electrons. The molecular weight excluding hydrogens is 216 g/mol. The lowest BCUT2D eigenvalue weighted by molar-refractivity contribution is -0.385. The van der Waals surface area contributed by atoms with Crippen LogP contribution in [0.15, 0.2) is 18.2 Å². The molecule has 0 spiro atoms. The van der Waals surface area contributed by atoms with Gasteiger partial charge in [-0.05, 0) is 17.4 Å². The van der Waals surface area contributed by atoms with Gasteiger partial charge in [0, 0.05) is 11.6 Å². The SMILES string of the molecule is CC(C)(C)Cc1cccc([N+](=O)[O-])c1CC#N. The summed E-state index contributed by atoms with van der Waals surface area (Å²) in [5, 5.41) is 19.7. The molecule has 0 aliphatic carbocycles. The van der Waals surface area contributed by atoms with Crippen molar-refractivity contribution in [3.05, 3.63) is 39.4 Å². The zero-order valence-electron chi connectivity index (χ0n) is 10.4. The van der Waals surface area contributed by atoms with Gasteiger partial charge in [0.25, 0.3) is 5.69 Å². The third-order valence-corrected chi connectivity index (χ3v) is 2.42. The first-order valence-electron chi connectivity index (χ1n) is 5.47. The van der Waals surface area contributed by atoms with E-state index in [-0.39, 0.29) is 17.5 Å². The van der Waals surface area contributed by atoms with Crippen molar-refractivity contribution in [2.24, 2.45) is 5.41 Å². The van der Waals surface area contributed by atoms with Crippen molar-refractivity contribution in [3.8, 4) is 6.07 Å². The van der Waals surface area contributed by atoms with Crippen LogP contribution in [0.2, 0.25) is 0 Å². The molecule has 0 saturated heterocycles. The van der Waals surface area contributed by atoms with Gasteiger partial charge in [0.2, 0.25) is 0 Å². The molecular formula is C13H16N2O2. The summed E-state index contributed by atoms with van der Waals surface area (Å²) >= 11 is 0. The fraction of sp³-hybridized carbons (Fsp3) is 0.462. The van der Waals surface area contributed by atoms with Gasteiger partial charge in [-0.3, -0.25) is 10.1 Å². The van der Waals surface area contributed by atoms with E-state index < -0.39 is 4.92 Å². The molecule has 1 aromatic carbocycles. The van der Waals surface area contributed by atoms with Gasteiger partial charge in [-0.15, -0.1) is 0 Å². The number of hydrogen-bond acceptors (Lipinski definition) is 3. The Morgan fingerprint density at radius 1 is 1.41 bits per heavy atom.